The summed E-state index contributed by atoms with van der Waals surface area (Å²) in [5, 5.41) is 3.79. The fourth-order valence-electron chi connectivity index (χ4n) is 3.89. The third kappa shape index (κ3) is 2.82. The van der Waals surface area contributed by atoms with E-state index in [0.29, 0.717) is 22.7 Å². The second kappa shape index (κ2) is 6.22. The molecule has 1 N–H and O–H groups in total. The smallest absolute Gasteiger partial charge is 0.307 e. The molecule has 0 spiro atoms. The maximum Gasteiger partial charge on any atom is 0.307 e. The second-order valence-electron chi connectivity index (χ2n) is 6.65. The third-order valence-electron chi connectivity index (χ3n) is 5.30. The number of piperidine rings is 3. The summed E-state index contributed by atoms with van der Waals surface area (Å²) in [5.41, 5.74) is 0.849. The number of halogens is 1. The number of carbonyl (C=O) groups excluding carboxylic acids is 1. The molecule has 6 heteroatoms. The number of benzene rings is 1. The standard InChI is InChI=1S/C18H20ClN3O2/c1-11-16(13-6-8-22(11)9-7-13)21-17(23)18-20-10-15(24-18)12-2-4-14(19)5-3-12/h2-5,10-11,13,16H,6-9H2,1H3,(H,21,23). The molecule has 1 amide bonds. The number of hydrogen-bond donors (Lipinski definition) is 1. The van der Waals surface area contributed by atoms with E-state index < -0.39 is 0 Å². The number of nitrogens with one attached hydrogen (secondary N) is 1. The van der Waals surface area contributed by atoms with Crippen molar-refractivity contribution >= 4 is 17.5 Å². The van der Waals surface area contributed by atoms with Gasteiger partial charge in [0.1, 0.15) is 0 Å². The molecule has 3 fully saturated rings. The predicted molar refractivity (Wildman–Crippen MR) is 92.0 cm³/mol. The van der Waals surface area contributed by atoms with Gasteiger partial charge in [0, 0.05) is 22.7 Å². The summed E-state index contributed by atoms with van der Waals surface area (Å²) < 4.78 is 5.65. The van der Waals surface area contributed by atoms with Crippen molar-refractivity contribution in [3.8, 4) is 11.3 Å². The van der Waals surface area contributed by atoms with Gasteiger partial charge in [-0.2, -0.15) is 0 Å². The van der Waals surface area contributed by atoms with Gasteiger partial charge in [-0.05, 0) is 63.0 Å². The van der Waals surface area contributed by atoms with E-state index in [1.54, 1.807) is 18.3 Å². The van der Waals surface area contributed by atoms with Crippen LogP contribution in [-0.4, -0.2) is 41.0 Å². The van der Waals surface area contributed by atoms with Gasteiger partial charge >= 0.3 is 5.91 Å². The largest absolute Gasteiger partial charge is 0.432 e. The Hall–Kier alpha value is -1.85. The molecule has 0 aliphatic carbocycles. The SMILES string of the molecule is CC1C(NC(=O)c2ncc(-c3ccc(Cl)cc3)o2)C2CCN1CC2. The molecule has 3 aliphatic heterocycles. The van der Waals surface area contributed by atoms with Crippen molar-refractivity contribution in [2.75, 3.05) is 13.1 Å². The molecule has 1 aromatic heterocycles. The quantitative estimate of drug-likeness (QED) is 0.928. The number of fused-ring (bicyclic) bond motifs is 3. The molecule has 2 atom stereocenters. The number of carbonyl (C=O) groups is 1. The summed E-state index contributed by atoms with van der Waals surface area (Å²) in [6, 6.07) is 7.81. The van der Waals surface area contributed by atoms with Crippen LogP contribution in [0, 0.1) is 5.92 Å². The van der Waals surface area contributed by atoms with E-state index in [-0.39, 0.29) is 17.8 Å². The molecule has 4 heterocycles. The summed E-state index contributed by atoms with van der Waals surface area (Å²) in [4.78, 5) is 19.1. The fraction of sp³-hybridized carbons (Fsp3) is 0.444. The van der Waals surface area contributed by atoms with E-state index in [0.717, 1.165) is 31.5 Å². The summed E-state index contributed by atoms with van der Waals surface area (Å²) in [5.74, 6) is 1.00. The minimum absolute atomic E-state index is 0.114. The third-order valence-corrected chi connectivity index (χ3v) is 5.56. The van der Waals surface area contributed by atoms with Gasteiger partial charge in [-0.3, -0.25) is 9.69 Å². The molecule has 5 nitrogen and oxygen atoms in total. The lowest BCUT2D eigenvalue weighted by Crippen LogP contribution is -2.62. The van der Waals surface area contributed by atoms with Gasteiger partial charge < -0.3 is 9.73 Å². The normalized spacial score (nSPS) is 28.8. The van der Waals surface area contributed by atoms with E-state index >= 15 is 0 Å². The lowest BCUT2D eigenvalue weighted by Gasteiger charge is -2.49. The highest BCUT2D eigenvalue weighted by Gasteiger charge is 2.40. The predicted octanol–water partition coefficient (Wildman–Crippen LogP) is 3.21. The first-order valence-corrected chi connectivity index (χ1v) is 8.76. The average molecular weight is 346 g/mol. The first kappa shape index (κ1) is 15.7. The highest BCUT2D eigenvalue weighted by molar-refractivity contribution is 6.30. The van der Waals surface area contributed by atoms with Crippen LogP contribution in [0.5, 0.6) is 0 Å². The highest BCUT2D eigenvalue weighted by atomic mass is 35.5. The van der Waals surface area contributed by atoms with Gasteiger partial charge in [0.15, 0.2) is 5.76 Å². The molecule has 24 heavy (non-hydrogen) atoms. The number of amides is 1. The summed E-state index contributed by atoms with van der Waals surface area (Å²) in [7, 11) is 0. The average Bonchev–Trinajstić information content (AvgIpc) is 3.09. The van der Waals surface area contributed by atoms with Gasteiger partial charge in [-0.1, -0.05) is 11.6 Å². The van der Waals surface area contributed by atoms with Crippen molar-refractivity contribution in [2.45, 2.75) is 31.8 Å². The Morgan fingerprint density at radius 2 is 2.00 bits per heavy atom. The topological polar surface area (TPSA) is 58.4 Å². The molecule has 126 valence electrons. The molecule has 2 bridgehead atoms. The maximum absolute atomic E-state index is 12.5. The Morgan fingerprint density at radius 1 is 1.29 bits per heavy atom. The molecule has 3 aliphatic rings. The van der Waals surface area contributed by atoms with E-state index in [2.05, 4.69) is 22.1 Å². The number of nitrogens with zero attached hydrogens (tertiary/aromatic N) is 2. The van der Waals surface area contributed by atoms with Crippen molar-refractivity contribution in [1.82, 2.24) is 15.2 Å². The van der Waals surface area contributed by atoms with Gasteiger partial charge in [0.05, 0.1) is 6.20 Å². The minimum atomic E-state index is -0.235. The molecule has 3 saturated heterocycles. The Morgan fingerprint density at radius 3 is 2.67 bits per heavy atom. The van der Waals surface area contributed by atoms with Crippen LogP contribution in [0.15, 0.2) is 34.9 Å². The molecule has 1 aromatic carbocycles. The van der Waals surface area contributed by atoms with Crippen LogP contribution >= 0.6 is 11.6 Å². The second-order valence-corrected chi connectivity index (χ2v) is 7.09. The molecule has 2 unspecified atom stereocenters. The van der Waals surface area contributed by atoms with Crippen molar-refractivity contribution in [2.24, 2.45) is 5.92 Å². The van der Waals surface area contributed by atoms with Gasteiger partial charge in [0.25, 0.3) is 5.89 Å². The first-order chi connectivity index (χ1) is 11.6. The first-order valence-electron chi connectivity index (χ1n) is 8.38. The van der Waals surface area contributed by atoms with Crippen molar-refractivity contribution < 1.29 is 9.21 Å². The molecular formula is C18H20ClN3O2. The molecular weight excluding hydrogens is 326 g/mol. The Balaban J connectivity index is 1.48. The lowest BCUT2D eigenvalue weighted by atomic mass is 9.79. The minimum Gasteiger partial charge on any atom is -0.432 e. The van der Waals surface area contributed by atoms with Crippen LogP contribution in [0.3, 0.4) is 0 Å². The van der Waals surface area contributed by atoms with Crippen LogP contribution in [0.4, 0.5) is 0 Å². The summed E-state index contributed by atoms with van der Waals surface area (Å²) >= 11 is 5.89. The van der Waals surface area contributed by atoms with Crippen molar-refractivity contribution in [3.63, 3.8) is 0 Å². The van der Waals surface area contributed by atoms with E-state index in [4.69, 9.17) is 16.0 Å². The molecule has 2 aromatic rings. The lowest BCUT2D eigenvalue weighted by molar-refractivity contribution is 0.0210. The summed E-state index contributed by atoms with van der Waals surface area (Å²) in [6.45, 7) is 4.46. The van der Waals surface area contributed by atoms with E-state index in [9.17, 15) is 4.79 Å². The van der Waals surface area contributed by atoms with E-state index in [1.165, 1.54) is 0 Å². The number of hydrogen-bond acceptors (Lipinski definition) is 4. The highest BCUT2D eigenvalue weighted by Crippen LogP contribution is 2.32. The maximum atomic E-state index is 12.5. The van der Waals surface area contributed by atoms with Gasteiger partial charge in [-0.15, -0.1) is 0 Å². The van der Waals surface area contributed by atoms with Crippen LogP contribution in [0.1, 0.15) is 30.5 Å². The molecule has 0 radical (unpaired) electrons. The number of rotatable bonds is 3. The van der Waals surface area contributed by atoms with Crippen molar-refractivity contribution in [3.05, 3.63) is 41.4 Å². The monoisotopic (exact) mass is 345 g/mol. The van der Waals surface area contributed by atoms with Gasteiger partial charge in [-0.25, -0.2) is 4.98 Å². The zero-order valence-corrected chi connectivity index (χ0v) is 14.3. The van der Waals surface area contributed by atoms with Crippen LogP contribution in [0.2, 0.25) is 5.02 Å². The van der Waals surface area contributed by atoms with E-state index in [1.807, 2.05) is 12.1 Å². The Labute approximate surface area is 146 Å². The van der Waals surface area contributed by atoms with Crippen molar-refractivity contribution in [1.29, 1.82) is 0 Å². The Bertz CT molecular complexity index is 733. The van der Waals surface area contributed by atoms with Crippen LogP contribution < -0.4 is 5.32 Å². The number of oxazole rings is 1. The number of aromatic nitrogens is 1. The fourth-order valence-corrected chi connectivity index (χ4v) is 4.01. The van der Waals surface area contributed by atoms with Gasteiger partial charge in [0.2, 0.25) is 0 Å². The zero-order valence-electron chi connectivity index (χ0n) is 13.5. The molecule has 0 saturated carbocycles. The van der Waals surface area contributed by atoms with Crippen LogP contribution in [0.25, 0.3) is 11.3 Å². The summed E-state index contributed by atoms with van der Waals surface area (Å²) in [6.07, 6.45) is 3.88. The Kier molecular flexibility index (Phi) is 4.06. The molecule has 5 rings (SSSR count). The zero-order chi connectivity index (χ0) is 16.7. The van der Waals surface area contributed by atoms with Crippen LogP contribution in [-0.2, 0) is 0 Å².